The molecular weight excluding hydrogens is 345 g/mol. The van der Waals surface area contributed by atoms with Crippen LogP contribution in [0.15, 0.2) is 27.4 Å². The fourth-order valence-electron chi connectivity index (χ4n) is 2.44. The van der Waals surface area contributed by atoms with Gasteiger partial charge in [-0.3, -0.25) is 4.57 Å². The zero-order chi connectivity index (χ0) is 12.7. The van der Waals surface area contributed by atoms with Crippen LogP contribution in [0.3, 0.4) is 0 Å². The van der Waals surface area contributed by atoms with Crippen molar-refractivity contribution in [2.75, 3.05) is 0 Å². The first-order valence-corrected chi connectivity index (χ1v) is 7.16. The molecule has 3 rings (SSSR count). The van der Waals surface area contributed by atoms with E-state index in [1.54, 1.807) is 4.57 Å². The van der Waals surface area contributed by atoms with Crippen LogP contribution in [0.25, 0.3) is 11.1 Å². The normalized spacial score (nSPS) is 23.9. The topological polar surface area (TPSA) is 44.4 Å². The Kier molecular flexibility index (Phi) is 3.19. The molecule has 0 aliphatic carbocycles. The van der Waals surface area contributed by atoms with Crippen LogP contribution in [0.1, 0.15) is 19.8 Å². The lowest BCUT2D eigenvalue weighted by Gasteiger charge is -2.11. The Bertz CT molecular complexity index is 631. The molecular formula is C13H14INO3. The molecule has 0 N–H and O–H groups in total. The zero-order valence-corrected chi connectivity index (χ0v) is 12.2. The quantitative estimate of drug-likeness (QED) is 0.775. The van der Waals surface area contributed by atoms with Gasteiger partial charge in [-0.25, -0.2) is 4.79 Å². The Morgan fingerprint density at radius 3 is 3.00 bits per heavy atom. The lowest BCUT2D eigenvalue weighted by molar-refractivity contribution is 0.0453. The monoisotopic (exact) mass is 359 g/mol. The summed E-state index contributed by atoms with van der Waals surface area (Å²) in [5.41, 5.74) is 1.50. The number of rotatable bonds is 2. The third-order valence-electron chi connectivity index (χ3n) is 3.34. The highest BCUT2D eigenvalue weighted by molar-refractivity contribution is 14.1. The summed E-state index contributed by atoms with van der Waals surface area (Å²) in [5, 5.41) is 0. The van der Waals surface area contributed by atoms with Gasteiger partial charge >= 0.3 is 5.76 Å². The molecule has 0 saturated carbocycles. The molecule has 1 aliphatic rings. The van der Waals surface area contributed by atoms with Crippen molar-refractivity contribution in [3.05, 3.63) is 32.3 Å². The maximum absolute atomic E-state index is 11.9. The molecule has 2 unspecified atom stereocenters. The van der Waals surface area contributed by atoms with E-state index in [2.05, 4.69) is 29.5 Å². The molecule has 0 bridgehead atoms. The van der Waals surface area contributed by atoms with Gasteiger partial charge in [0, 0.05) is 3.57 Å². The second-order valence-corrected chi connectivity index (χ2v) is 5.98. The van der Waals surface area contributed by atoms with Gasteiger partial charge in [0.05, 0.1) is 24.3 Å². The molecule has 1 aliphatic heterocycles. The Balaban J connectivity index is 1.96. The van der Waals surface area contributed by atoms with Crippen molar-refractivity contribution >= 4 is 33.7 Å². The first-order chi connectivity index (χ1) is 8.63. The van der Waals surface area contributed by atoms with Crippen molar-refractivity contribution in [2.24, 2.45) is 0 Å². The van der Waals surface area contributed by atoms with E-state index in [1.165, 1.54) is 0 Å². The first-order valence-electron chi connectivity index (χ1n) is 6.08. The summed E-state index contributed by atoms with van der Waals surface area (Å²) in [5.74, 6) is -0.296. The summed E-state index contributed by atoms with van der Waals surface area (Å²) >= 11 is 2.21. The Morgan fingerprint density at radius 1 is 1.44 bits per heavy atom. The summed E-state index contributed by atoms with van der Waals surface area (Å²) in [4.78, 5) is 11.9. The van der Waals surface area contributed by atoms with E-state index in [1.807, 2.05) is 18.2 Å². The molecule has 1 aromatic carbocycles. The molecule has 1 fully saturated rings. The Labute approximate surface area is 118 Å². The molecule has 2 heterocycles. The number of halogens is 1. The third-order valence-corrected chi connectivity index (χ3v) is 4.01. The molecule has 18 heavy (non-hydrogen) atoms. The summed E-state index contributed by atoms with van der Waals surface area (Å²) in [7, 11) is 0. The zero-order valence-electron chi connectivity index (χ0n) is 10.1. The summed E-state index contributed by atoms with van der Waals surface area (Å²) in [6, 6.07) is 5.79. The number of nitrogens with zero attached hydrogens (tertiary/aromatic N) is 1. The smallest absolute Gasteiger partial charge is 0.408 e. The highest BCUT2D eigenvalue weighted by atomic mass is 127. The molecule has 0 spiro atoms. The van der Waals surface area contributed by atoms with Crippen LogP contribution in [-0.2, 0) is 11.3 Å². The van der Waals surface area contributed by atoms with Crippen molar-refractivity contribution in [1.29, 1.82) is 0 Å². The standard InChI is InChI=1S/C13H14INO3/c1-8-2-4-10(17-8)7-15-11-5-3-9(14)6-12(11)18-13(15)16/h3,5-6,8,10H,2,4,7H2,1H3. The van der Waals surface area contributed by atoms with Crippen LogP contribution in [0, 0.1) is 3.57 Å². The molecule has 4 nitrogen and oxygen atoms in total. The number of hydrogen-bond acceptors (Lipinski definition) is 3. The average Bonchev–Trinajstić information content (AvgIpc) is 2.84. The third kappa shape index (κ3) is 2.21. The molecule has 1 aromatic heterocycles. The van der Waals surface area contributed by atoms with Crippen LogP contribution >= 0.6 is 22.6 Å². The minimum absolute atomic E-state index is 0.123. The van der Waals surface area contributed by atoms with E-state index < -0.39 is 0 Å². The van der Waals surface area contributed by atoms with E-state index in [9.17, 15) is 4.79 Å². The Morgan fingerprint density at radius 2 is 2.28 bits per heavy atom. The van der Waals surface area contributed by atoms with Gasteiger partial charge in [-0.2, -0.15) is 0 Å². The summed E-state index contributed by atoms with van der Waals surface area (Å²) < 4.78 is 13.8. The lowest BCUT2D eigenvalue weighted by atomic mass is 10.2. The number of benzene rings is 1. The van der Waals surface area contributed by atoms with Gasteiger partial charge in [0.25, 0.3) is 0 Å². The maximum Gasteiger partial charge on any atom is 0.420 e. The summed E-state index contributed by atoms with van der Waals surface area (Å²) in [6.07, 6.45) is 2.49. The van der Waals surface area contributed by atoms with Crippen molar-refractivity contribution in [1.82, 2.24) is 4.57 Å². The molecule has 96 valence electrons. The van der Waals surface area contributed by atoms with Gasteiger partial charge < -0.3 is 9.15 Å². The number of fused-ring (bicyclic) bond motifs is 1. The van der Waals surface area contributed by atoms with Crippen LogP contribution in [-0.4, -0.2) is 16.8 Å². The second-order valence-electron chi connectivity index (χ2n) is 4.74. The van der Waals surface area contributed by atoms with Crippen molar-refractivity contribution in [2.45, 2.75) is 38.5 Å². The Hall–Kier alpha value is -0.820. The highest BCUT2D eigenvalue weighted by Gasteiger charge is 2.23. The van der Waals surface area contributed by atoms with Crippen molar-refractivity contribution in [3.63, 3.8) is 0 Å². The number of hydrogen-bond donors (Lipinski definition) is 0. The molecule has 2 atom stereocenters. The predicted octanol–water partition coefficient (Wildman–Crippen LogP) is 2.77. The number of oxazole rings is 1. The van der Waals surface area contributed by atoms with Crippen LogP contribution in [0.5, 0.6) is 0 Å². The van der Waals surface area contributed by atoms with E-state index >= 15 is 0 Å². The van der Waals surface area contributed by atoms with Gasteiger partial charge in [-0.1, -0.05) is 0 Å². The molecule has 0 radical (unpaired) electrons. The van der Waals surface area contributed by atoms with E-state index in [0.29, 0.717) is 18.2 Å². The maximum atomic E-state index is 11.9. The van der Waals surface area contributed by atoms with Crippen LogP contribution < -0.4 is 5.76 Å². The fraction of sp³-hybridized carbons (Fsp3) is 0.462. The minimum Gasteiger partial charge on any atom is -0.408 e. The fourth-order valence-corrected chi connectivity index (χ4v) is 2.90. The van der Waals surface area contributed by atoms with Gasteiger partial charge in [0.1, 0.15) is 0 Å². The van der Waals surface area contributed by atoms with Gasteiger partial charge in [0.2, 0.25) is 0 Å². The van der Waals surface area contributed by atoms with Gasteiger partial charge in [-0.05, 0) is 60.6 Å². The largest absolute Gasteiger partial charge is 0.420 e. The molecule has 2 aromatic rings. The SMILES string of the molecule is CC1CCC(Cn2c(=O)oc3cc(I)ccc32)O1. The second kappa shape index (κ2) is 4.70. The van der Waals surface area contributed by atoms with Crippen LogP contribution in [0.4, 0.5) is 0 Å². The lowest BCUT2D eigenvalue weighted by Crippen LogP contribution is -2.23. The first kappa shape index (κ1) is 12.2. The van der Waals surface area contributed by atoms with E-state index in [0.717, 1.165) is 21.9 Å². The van der Waals surface area contributed by atoms with E-state index in [4.69, 9.17) is 9.15 Å². The van der Waals surface area contributed by atoms with Crippen molar-refractivity contribution in [3.8, 4) is 0 Å². The van der Waals surface area contributed by atoms with Crippen molar-refractivity contribution < 1.29 is 9.15 Å². The molecule has 5 heteroatoms. The molecule has 0 amide bonds. The average molecular weight is 359 g/mol. The number of aromatic nitrogens is 1. The van der Waals surface area contributed by atoms with Gasteiger partial charge in [0.15, 0.2) is 5.58 Å². The highest BCUT2D eigenvalue weighted by Crippen LogP contribution is 2.22. The van der Waals surface area contributed by atoms with E-state index in [-0.39, 0.29) is 11.9 Å². The minimum atomic E-state index is -0.296. The van der Waals surface area contributed by atoms with Gasteiger partial charge in [-0.15, -0.1) is 0 Å². The summed E-state index contributed by atoms with van der Waals surface area (Å²) in [6.45, 7) is 2.65. The number of ether oxygens (including phenoxy) is 1. The molecule has 1 saturated heterocycles. The predicted molar refractivity (Wildman–Crippen MR) is 76.8 cm³/mol. The van der Waals surface area contributed by atoms with Crippen LogP contribution in [0.2, 0.25) is 0 Å².